The smallest absolute Gasteiger partial charge is 0.379 e. The van der Waals surface area contributed by atoms with Crippen LogP contribution in [0.5, 0.6) is 0 Å². The molecule has 1 N–H and O–H groups in total. The number of carbonyl (C=O) groups is 1. The van der Waals surface area contributed by atoms with Gasteiger partial charge in [-0.15, -0.1) is 11.3 Å². The van der Waals surface area contributed by atoms with Crippen molar-refractivity contribution in [2.75, 3.05) is 32.8 Å². The summed E-state index contributed by atoms with van der Waals surface area (Å²) in [5, 5.41) is 5.62. The minimum atomic E-state index is -4.37. The van der Waals surface area contributed by atoms with Crippen molar-refractivity contribution in [1.29, 1.82) is 0 Å². The van der Waals surface area contributed by atoms with Crippen molar-refractivity contribution in [3.63, 3.8) is 0 Å². The molecule has 5 nitrogen and oxygen atoms in total. The third-order valence-electron chi connectivity index (χ3n) is 4.62. The molecule has 3 rings (SSSR count). The molecule has 1 saturated heterocycles. The van der Waals surface area contributed by atoms with Crippen molar-refractivity contribution in [2.24, 2.45) is 0 Å². The Morgan fingerprint density at radius 1 is 1.31 bits per heavy atom. The highest BCUT2D eigenvalue weighted by atomic mass is 32.1. The van der Waals surface area contributed by atoms with Crippen molar-refractivity contribution in [3.8, 4) is 0 Å². The van der Waals surface area contributed by atoms with E-state index in [1.807, 2.05) is 12.3 Å². The number of aromatic nitrogens is 1. The fourth-order valence-electron chi connectivity index (χ4n) is 3.12. The molecule has 9 heteroatoms. The molecule has 1 atom stereocenters. The molecule has 156 valence electrons. The topological polar surface area (TPSA) is 54.5 Å². The molecule has 1 aromatic carbocycles. The molecule has 0 aliphatic carbocycles. The summed E-state index contributed by atoms with van der Waals surface area (Å²) in [6.45, 7) is 4.57. The van der Waals surface area contributed by atoms with Gasteiger partial charge < -0.3 is 10.1 Å². The van der Waals surface area contributed by atoms with Crippen LogP contribution in [-0.4, -0.2) is 48.6 Å². The molecule has 29 heavy (non-hydrogen) atoms. The van der Waals surface area contributed by atoms with Gasteiger partial charge in [0, 0.05) is 31.1 Å². The summed E-state index contributed by atoms with van der Waals surface area (Å²) in [7, 11) is 0. The predicted molar refractivity (Wildman–Crippen MR) is 105 cm³/mol. The Balaban J connectivity index is 1.68. The molecule has 2 heterocycles. The van der Waals surface area contributed by atoms with E-state index < -0.39 is 11.7 Å². The van der Waals surface area contributed by atoms with E-state index in [4.69, 9.17) is 4.74 Å². The molecule has 0 saturated carbocycles. The Morgan fingerprint density at radius 3 is 2.59 bits per heavy atom. The molecule has 2 aromatic rings. The number of hydrogen-bond donors (Lipinski definition) is 1. The van der Waals surface area contributed by atoms with E-state index in [2.05, 4.69) is 15.2 Å². The molecule has 1 unspecified atom stereocenters. The van der Waals surface area contributed by atoms with Gasteiger partial charge in [-0.1, -0.05) is 12.1 Å². The van der Waals surface area contributed by atoms with Crippen LogP contribution in [-0.2, 0) is 15.7 Å². The number of aryl methyl sites for hydroxylation is 1. The molecule has 1 aromatic heterocycles. The van der Waals surface area contributed by atoms with Crippen LogP contribution >= 0.6 is 11.3 Å². The van der Waals surface area contributed by atoms with Gasteiger partial charge in [-0.05, 0) is 30.7 Å². The monoisotopic (exact) mass is 425 g/mol. The minimum Gasteiger partial charge on any atom is -0.379 e. The SMILES string of the molecule is Cc1nc(/C=C/C(=O)NCC(c2ccc(C(F)(F)F)cc2)N2CCOCC2)cs1. The highest BCUT2D eigenvalue weighted by Gasteiger charge is 2.31. The average Bonchev–Trinajstić information content (AvgIpc) is 3.12. The number of ether oxygens (including phenoxy) is 1. The van der Waals surface area contributed by atoms with Crippen LogP contribution in [0.2, 0.25) is 0 Å². The normalized spacial score (nSPS) is 16.8. The van der Waals surface area contributed by atoms with E-state index in [0.29, 0.717) is 26.3 Å². The summed E-state index contributed by atoms with van der Waals surface area (Å²) in [6.07, 6.45) is -1.32. The Hall–Kier alpha value is -2.23. The lowest BCUT2D eigenvalue weighted by atomic mass is 10.0. The fraction of sp³-hybridized carbons (Fsp3) is 0.400. The van der Waals surface area contributed by atoms with Gasteiger partial charge in [0.1, 0.15) is 0 Å². The lowest BCUT2D eigenvalue weighted by Crippen LogP contribution is -2.43. The van der Waals surface area contributed by atoms with E-state index in [-0.39, 0.29) is 18.5 Å². The highest BCUT2D eigenvalue weighted by molar-refractivity contribution is 7.09. The molecule has 0 spiro atoms. The lowest BCUT2D eigenvalue weighted by Gasteiger charge is -2.35. The van der Waals surface area contributed by atoms with E-state index in [9.17, 15) is 18.0 Å². The number of amides is 1. The van der Waals surface area contributed by atoms with Gasteiger partial charge in [-0.3, -0.25) is 9.69 Å². The van der Waals surface area contributed by atoms with Gasteiger partial charge in [0.05, 0.1) is 35.5 Å². The lowest BCUT2D eigenvalue weighted by molar-refractivity contribution is -0.137. The number of alkyl halides is 3. The third kappa shape index (κ3) is 6.12. The van der Waals surface area contributed by atoms with Gasteiger partial charge in [0.15, 0.2) is 0 Å². The Labute approximate surface area is 171 Å². The summed E-state index contributed by atoms with van der Waals surface area (Å²) in [5.41, 5.74) is 0.752. The maximum Gasteiger partial charge on any atom is 0.416 e. The van der Waals surface area contributed by atoms with Crippen molar-refractivity contribution in [3.05, 3.63) is 57.6 Å². The average molecular weight is 425 g/mol. The summed E-state index contributed by atoms with van der Waals surface area (Å²) in [4.78, 5) is 18.6. The summed E-state index contributed by atoms with van der Waals surface area (Å²) in [6, 6.07) is 4.87. The molecular formula is C20H22F3N3O2S. The molecule has 1 aliphatic rings. The summed E-state index contributed by atoms with van der Waals surface area (Å²) < 4.78 is 43.9. The molecular weight excluding hydrogens is 403 g/mol. The van der Waals surface area contributed by atoms with Crippen LogP contribution in [0.25, 0.3) is 6.08 Å². The molecule has 1 fully saturated rings. The van der Waals surface area contributed by atoms with Crippen LogP contribution in [0.1, 0.15) is 27.9 Å². The summed E-state index contributed by atoms with van der Waals surface area (Å²) >= 11 is 1.50. The minimum absolute atomic E-state index is 0.236. The second-order valence-electron chi connectivity index (χ2n) is 6.65. The number of halogens is 3. The number of thiazole rings is 1. The Bertz CT molecular complexity index is 843. The predicted octanol–water partition coefficient (Wildman–Crippen LogP) is 3.67. The quantitative estimate of drug-likeness (QED) is 0.718. The fourth-order valence-corrected chi connectivity index (χ4v) is 3.70. The number of rotatable bonds is 6. The van der Waals surface area contributed by atoms with E-state index in [0.717, 1.165) is 28.4 Å². The van der Waals surface area contributed by atoms with Crippen LogP contribution in [0.3, 0.4) is 0 Å². The third-order valence-corrected chi connectivity index (χ3v) is 5.41. The maximum atomic E-state index is 12.9. The van der Waals surface area contributed by atoms with Gasteiger partial charge >= 0.3 is 6.18 Å². The highest BCUT2D eigenvalue weighted by Crippen LogP contribution is 2.31. The first-order valence-corrected chi connectivity index (χ1v) is 10.1. The first-order chi connectivity index (χ1) is 13.8. The van der Waals surface area contributed by atoms with Crippen molar-refractivity contribution in [1.82, 2.24) is 15.2 Å². The van der Waals surface area contributed by atoms with Gasteiger partial charge in [0.2, 0.25) is 5.91 Å². The number of morpholine rings is 1. The molecule has 1 aliphatic heterocycles. The first-order valence-electron chi connectivity index (χ1n) is 9.20. The van der Waals surface area contributed by atoms with Crippen LogP contribution < -0.4 is 5.32 Å². The number of carbonyl (C=O) groups excluding carboxylic acids is 1. The van der Waals surface area contributed by atoms with Gasteiger partial charge in [-0.25, -0.2) is 4.98 Å². The number of hydrogen-bond acceptors (Lipinski definition) is 5. The van der Waals surface area contributed by atoms with Gasteiger partial charge in [0.25, 0.3) is 0 Å². The Morgan fingerprint density at radius 2 is 2.00 bits per heavy atom. The van der Waals surface area contributed by atoms with E-state index >= 15 is 0 Å². The number of nitrogens with one attached hydrogen (secondary N) is 1. The van der Waals surface area contributed by atoms with Crippen molar-refractivity contribution >= 4 is 23.3 Å². The van der Waals surface area contributed by atoms with Crippen LogP contribution in [0.4, 0.5) is 13.2 Å². The van der Waals surface area contributed by atoms with Gasteiger partial charge in [-0.2, -0.15) is 13.2 Å². The van der Waals surface area contributed by atoms with Crippen molar-refractivity contribution < 1.29 is 22.7 Å². The Kier molecular flexibility index (Phi) is 7.05. The molecule has 0 radical (unpaired) electrons. The number of benzene rings is 1. The second-order valence-corrected chi connectivity index (χ2v) is 7.72. The molecule has 0 bridgehead atoms. The summed E-state index contributed by atoms with van der Waals surface area (Å²) in [5.74, 6) is -0.277. The van der Waals surface area contributed by atoms with Crippen molar-refractivity contribution in [2.45, 2.75) is 19.1 Å². The maximum absolute atomic E-state index is 12.9. The zero-order chi connectivity index (χ0) is 20.9. The zero-order valence-electron chi connectivity index (χ0n) is 15.9. The number of nitrogens with zero attached hydrogens (tertiary/aromatic N) is 2. The largest absolute Gasteiger partial charge is 0.416 e. The van der Waals surface area contributed by atoms with Crippen LogP contribution in [0.15, 0.2) is 35.7 Å². The zero-order valence-corrected chi connectivity index (χ0v) is 16.7. The van der Waals surface area contributed by atoms with Crippen LogP contribution in [0, 0.1) is 6.92 Å². The van der Waals surface area contributed by atoms with E-state index in [1.54, 1.807) is 6.08 Å². The first kappa shape index (κ1) is 21.5. The van der Waals surface area contributed by atoms with E-state index in [1.165, 1.54) is 29.5 Å². The standard InChI is InChI=1S/C20H22F3N3O2S/c1-14-25-17(13-29-14)6-7-19(27)24-12-18(26-8-10-28-11-9-26)15-2-4-16(5-3-15)20(21,22)23/h2-7,13,18H,8-12H2,1H3,(H,24,27)/b7-6+. The molecule has 1 amide bonds. The second kappa shape index (κ2) is 9.51.